The molecule has 1 aromatic carbocycles. The minimum atomic E-state index is 0.338. The van der Waals surface area contributed by atoms with Gasteiger partial charge in [0, 0.05) is 31.3 Å². The molecule has 2 aromatic rings. The van der Waals surface area contributed by atoms with E-state index in [1.807, 2.05) is 36.0 Å². The summed E-state index contributed by atoms with van der Waals surface area (Å²) in [6.07, 6.45) is 3.14. The van der Waals surface area contributed by atoms with Crippen molar-refractivity contribution in [3.05, 3.63) is 35.7 Å². The number of hydrogen-bond donors (Lipinski definition) is 2. The second-order valence-corrected chi connectivity index (χ2v) is 7.87. The van der Waals surface area contributed by atoms with Gasteiger partial charge in [-0.05, 0) is 31.2 Å². The van der Waals surface area contributed by atoms with E-state index < -0.39 is 0 Å². The Morgan fingerprint density at radius 1 is 1.31 bits per heavy atom. The number of aryl methyl sites for hydroxylation is 1. The SMILES string of the molecule is CCN(CCn1cc(C[N+](C)(C)CCCS)nn1)c1ccc(C)c(O)c1. The van der Waals surface area contributed by atoms with E-state index in [1.54, 1.807) is 0 Å². The first-order valence-electron chi connectivity index (χ1n) is 9.21. The Balaban J connectivity index is 1.94. The van der Waals surface area contributed by atoms with Crippen molar-refractivity contribution < 1.29 is 9.59 Å². The summed E-state index contributed by atoms with van der Waals surface area (Å²) < 4.78 is 2.80. The predicted molar refractivity (Wildman–Crippen MR) is 110 cm³/mol. The second kappa shape index (κ2) is 9.28. The molecule has 26 heavy (non-hydrogen) atoms. The van der Waals surface area contributed by atoms with E-state index in [4.69, 9.17) is 0 Å². The maximum atomic E-state index is 9.94. The number of aromatic nitrogens is 3. The van der Waals surface area contributed by atoms with Gasteiger partial charge in [0.05, 0.1) is 33.4 Å². The van der Waals surface area contributed by atoms with Crippen LogP contribution in [0.15, 0.2) is 24.4 Å². The van der Waals surface area contributed by atoms with Crippen molar-refractivity contribution in [2.75, 3.05) is 44.4 Å². The molecule has 0 aliphatic rings. The number of thiol groups is 1. The lowest BCUT2D eigenvalue weighted by atomic mass is 10.2. The summed E-state index contributed by atoms with van der Waals surface area (Å²) in [4.78, 5) is 2.23. The molecule has 0 saturated carbocycles. The fourth-order valence-electron chi connectivity index (χ4n) is 3.02. The number of benzene rings is 1. The second-order valence-electron chi connectivity index (χ2n) is 7.42. The molecule has 2 rings (SSSR count). The number of phenols is 1. The van der Waals surface area contributed by atoms with Gasteiger partial charge in [-0.2, -0.15) is 12.6 Å². The minimum Gasteiger partial charge on any atom is -0.508 e. The molecule has 0 aliphatic heterocycles. The fraction of sp³-hybridized carbons (Fsp3) is 0.579. The van der Waals surface area contributed by atoms with Crippen LogP contribution in [0.25, 0.3) is 0 Å². The van der Waals surface area contributed by atoms with Crippen LogP contribution in [0.2, 0.25) is 0 Å². The Hall–Kier alpha value is -1.73. The van der Waals surface area contributed by atoms with Crippen molar-refractivity contribution in [1.29, 1.82) is 0 Å². The molecule has 1 aromatic heterocycles. The average molecular weight is 379 g/mol. The van der Waals surface area contributed by atoms with Gasteiger partial charge in [-0.25, -0.2) is 0 Å². The summed E-state index contributed by atoms with van der Waals surface area (Å²) in [7, 11) is 4.43. The molecule has 6 nitrogen and oxygen atoms in total. The Labute approximate surface area is 162 Å². The first-order chi connectivity index (χ1) is 12.3. The fourth-order valence-corrected chi connectivity index (χ4v) is 3.17. The molecule has 0 spiro atoms. The van der Waals surface area contributed by atoms with Gasteiger partial charge in [-0.15, -0.1) is 5.10 Å². The molecule has 0 unspecified atom stereocenters. The Bertz CT molecular complexity index is 701. The predicted octanol–water partition coefficient (Wildman–Crippen LogP) is 2.71. The number of likely N-dealkylation sites (N-methyl/N-ethyl adjacent to an activating group) is 1. The largest absolute Gasteiger partial charge is 0.508 e. The molecular weight excluding hydrogens is 346 g/mol. The molecule has 0 aliphatic carbocycles. The van der Waals surface area contributed by atoms with Crippen LogP contribution in [0.1, 0.15) is 24.6 Å². The van der Waals surface area contributed by atoms with Crippen LogP contribution in [0.4, 0.5) is 5.69 Å². The van der Waals surface area contributed by atoms with E-state index in [0.29, 0.717) is 5.75 Å². The number of aromatic hydroxyl groups is 1. The third-order valence-electron chi connectivity index (χ3n) is 4.64. The molecule has 1 heterocycles. The van der Waals surface area contributed by atoms with Crippen molar-refractivity contribution in [3.8, 4) is 5.75 Å². The quantitative estimate of drug-likeness (QED) is 0.493. The number of anilines is 1. The number of hydrogen-bond acceptors (Lipinski definition) is 5. The number of nitrogens with zero attached hydrogens (tertiary/aromatic N) is 5. The van der Waals surface area contributed by atoms with Gasteiger partial charge in [-0.3, -0.25) is 4.68 Å². The van der Waals surface area contributed by atoms with Crippen molar-refractivity contribution >= 4 is 18.3 Å². The van der Waals surface area contributed by atoms with E-state index in [-0.39, 0.29) is 0 Å². The Morgan fingerprint density at radius 3 is 2.73 bits per heavy atom. The highest BCUT2D eigenvalue weighted by Gasteiger charge is 2.17. The van der Waals surface area contributed by atoms with Gasteiger partial charge in [0.15, 0.2) is 0 Å². The van der Waals surface area contributed by atoms with Crippen LogP contribution in [-0.4, -0.2) is 64.1 Å². The van der Waals surface area contributed by atoms with Crippen LogP contribution in [0.3, 0.4) is 0 Å². The van der Waals surface area contributed by atoms with Gasteiger partial charge in [0.2, 0.25) is 0 Å². The van der Waals surface area contributed by atoms with Crippen LogP contribution in [0, 0.1) is 6.92 Å². The first kappa shape index (κ1) is 20.6. The zero-order valence-electron chi connectivity index (χ0n) is 16.4. The monoisotopic (exact) mass is 378 g/mol. The minimum absolute atomic E-state index is 0.338. The lowest BCUT2D eigenvalue weighted by Crippen LogP contribution is -2.39. The summed E-state index contributed by atoms with van der Waals surface area (Å²) in [6, 6.07) is 5.82. The van der Waals surface area contributed by atoms with Crippen molar-refractivity contribution in [3.63, 3.8) is 0 Å². The maximum absolute atomic E-state index is 9.94. The highest BCUT2D eigenvalue weighted by molar-refractivity contribution is 7.80. The van der Waals surface area contributed by atoms with Gasteiger partial charge in [-0.1, -0.05) is 11.3 Å². The first-order valence-corrected chi connectivity index (χ1v) is 9.84. The van der Waals surface area contributed by atoms with Crippen molar-refractivity contribution in [2.45, 2.75) is 33.4 Å². The van der Waals surface area contributed by atoms with E-state index in [2.05, 4.69) is 48.9 Å². The van der Waals surface area contributed by atoms with Crippen LogP contribution in [-0.2, 0) is 13.1 Å². The number of phenolic OH excluding ortho intramolecular Hbond substituents is 1. The molecule has 0 saturated heterocycles. The highest BCUT2D eigenvalue weighted by Crippen LogP contribution is 2.23. The zero-order chi connectivity index (χ0) is 19.2. The van der Waals surface area contributed by atoms with Gasteiger partial charge < -0.3 is 14.5 Å². The zero-order valence-corrected chi connectivity index (χ0v) is 17.3. The molecule has 144 valence electrons. The Kier molecular flexibility index (Phi) is 7.34. The van der Waals surface area contributed by atoms with E-state index in [9.17, 15) is 5.11 Å². The molecule has 0 fully saturated rings. The van der Waals surface area contributed by atoms with Crippen molar-refractivity contribution in [2.24, 2.45) is 0 Å². The summed E-state index contributed by atoms with van der Waals surface area (Å²) in [6.45, 7) is 8.43. The molecule has 0 radical (unpaired) electrons. The van der Waals surface area contributed by atoms with Gasteiger partial charge >= 0.3 is 0 Å². The summed E-state index contributed by atoms with van der Waals surface area (Å²) in [5.41, 5.74) is 2.94. The molecule has 0 atom stereocenters. The molecule has 1 N–H and O–H groups in total. The third-order valence-corrected chi connectivity index (χ3v) is 4.95. The summed E-state index contributed by atoms with van der Waals surface area (Å²) in [5.74, 6) is 1.25. The normalized spacial score (nSPS) is 11.7. The molecular formula is C19H32N5OS+. The van der Waals surface area contributed by atoms with E-state index in [1.165, 1.54) is 0 Å². The summed E-state index contributed by atoms with van der Waals surface area (Å²) >= 11 is 4.30. The van der Waals surface area contributed by atoms with E-state index in [0.717, 1.165) is 66.3 Å². The van der Waals surface area contributed by atoms with Crippen LogP contribution < -0.4 is 4.90 Å². The number of rotatable bonds is 10. The van der Waals surface area contributed by atoms with Gasteiger partial charge in [0.1, 0.15) is 18.0 Å². The lowest BCUT2D eigenvalue weighted by molar-refractivity contribution is -0.903. The molecule has 7 heteroatoms. The standard InChI is InChI=1S/C19H31N5OS/c1-5-22(18-8-7-16(2)19(25)13-18)9-10-23-14-17(20-21-23)15-24(3,4)11-6-12-26/h7-8,13-14H,5-6,9-12,15H2,1-4H3,(H-,25,26)/p+1. The smallest absolute Gasteiger partial charge is 0.137 e. The van der Waals surface area contributed by atoms with E-state index >= 15 is 0 Å². The highest BCUT2D eigenvalue weighted by atomic mass is 32.1. The Morgan fingerprint density at radius 2 is 2.08 bits per heavy atom. The van der Waals surface area contributed by atoms with Crippen LogP contribution >= 0.6 is 12.6 Å². The van der Waals surface area contributed by atoms with Crippen LogP contribution in [0.5, 0.6) is 5.75 Å². The third kappa shape index (κ3) is 5.92. The average Bonchev–Trinajstić information content (AvgIpc) is 3.03. The molecule has 0 bridgehead atoms. The van der Waals surface area contributed by atoms with Crippen molar-refractivity contribution in [1.82, 2.24) is 15.0 Å². The van der Waals surface area contributed by atoms with Gasteiger partial charge in [0.25, 0.3) is 0 Å². The number of quaternary nitrogens is 1. The summed E-state index contributed by atoms with van der Waals surface area (Å²) in [5, 5.41) is 18.6. The maximum Gasteiger partial charge on any atom is 0.137 e. The lowest BCUT2D eigenvalue weighted by Gasteiger charge is -2.28. The topological polar surface area (TPSA) is 54.2 Å². The molecule has 0 amide bonds.